The van der Waals surface area contributed by atoms with E-state index >= 15 is 0 Å². The number of thiophene rings is 1. The maximum atomic E-state index is 12.0. The number of aromatic nitrogens is 1. The van der Waals surface area contributed by atoms with Gasteiger partial charge in [0, 0.05) is 21.0 Å². The van der Waals surface area contributed by atoms with E-state index in [1.54, 1.807) is 17.4 Å². The zero-order valence-electron chi connectivity index (χ0n) is 10.9. The van der Waals surface area contributed by atoms with Gasteiger partial charge in [0.2, 0.25) is 0 Å². The average Bonchev–Trinajstić information content (AvgIpc) is 3.17. The summed E-state index contributed by atoms with van der Waals surface area (Å²) >= 11 is 4.98. The van der Waals surface area contributed by atoms with Crippen LogP contribution in [0.15, 0.2) is 56.8 Å². The van der Waals surface area contributed by atoms with E-state index in [1.807, 2.05) is 41.8 Å². The van der Waals surface area contributed by atoms with Gasteiger partial charge in [0.25, 0.3) is 5.91 Å². The summed E-state index contributed by atoms with van der Waals surface area (Å²) in [6.45, 7) is 0.497. The molecule has 0 bridgehead atoms. The number of rotatable bonds is 4. The number of benzene rings is 1. The summed E-state index contributed by atoms with van der Waals surface area (Å²) in [7, 11) is 0. The first-order valence-corrected chi connectivity index (χ1v) is 7.93. The second kappa shape index (κ2) is 6.24. The van der Waals surface area contributed by atoms with Gasteiger partial charge in [-0.2, -0.15) is 0 Å². The van der Waals surface area contributed by atoms with Crippen molar-refractivity contribution in [3.63, 3.8) is 0 Å². The summed E-state index contributed by atoms with van der Waals surface area (Å²) in [5.41, 5.74) is 1.16. The van der Waals surface area contributed by atoms with E-state index in [1.165, 1.54) is 0 Å². The lowest BCUT2D eigenvalue weighted by atomic mass is 10.1. The Labute approximate surface area is 133 Å². The van der Waals surface area contributed by atoms with Crippen LogP contribution in [0.25, 0.3) is 11.3 Å². The number of carbonyl (C=O) groups is 1. The first kappa shape index (κ1) is 14.0. The molecule has 2 aromatic heterocycles. The molecule has 0 radical (unpaired) electrons. The van der Waals surface area contributed by atoms with Gasteiger partial charge in [-0.05, 0) is 23.6 Å². The molecular formula is C15H11BrN2O2S. The monoisotopic (exact) mass is 362 g/mol. The van der Waals surface area contributed by atoms with Crippen LogP contribution in [-0.2, 0) is 6.54 Å². The molecule has 0 aliphatic heterocycles. The van der Waals surface area contributed by atoms with Gasteiger partial charge >= 0.3 is 0 Å². The number of nitrogens with one attached hydrogen (secondary N) is 1. The van der Waals surface area contributed by atoms with Crippen molar-refractivity contribution >= 4 is 33.2 Å². The number of halogens is 1. The quantitative estimate of drug-likeness (QED) is 0.760. The summed E-state index contributed by atoms with van der Waals surface area (Å²) in [5, 5.41) is 8.61. The predicted molar refractivity (Wildman–Crippen MR) is 85.1 cm³/mol. The Bertz CT molecular complexity index is 735. The van der Waals surface area contributed by atoms with E-state index < -0.39 is 0 Å². The maximum absolute atomic E-state index is 12.0. The second-order valence-electron chi connectivity index (χ2n) is 4.35. The Morgan fingerprint density at radius 2 is 2.10 bits per heavy atom. The van der Waals surface area contributed by atoms with Crippen LogP contribution in [0.3, 0.4) is 0 Å². The summed E-state index contributed by atoms with van der Waals surface area (Å²) in [6, 6.07) is 13.2. The van der Waals surface area contributed by atoms with Crippen LogP contribution in [-0.4, -0.2) is 11.1 Å². The SMILES string of the molecule is O=C(NCc1cccs1)c1cc(-c2ccc(Br)cc2)on1. The van der Waals surface area contributed by atoms with Gasteiger partial charge < -0.3 is 9.84 Å². The third-order valence-electron chi connectivity index (χ3n) is 2.87. The predicted octanol–water partition coefficient (Wildman–Crippen LogP) is 4.10. The highest BCUT2D eigenvalue weighted by Crippen LogP contribution is 2.22. The number of hydrogen-bond acceptors (Lipinski definition) is 4. The normalized spacial score (nSPS) is 10.5. The summed E-state index contributed by atoms with van der Waals surface area (Å²) < 4.78 is 6.21. The van der Waals surface area contributed by atoms with Gasteiger partial charge in [-0.15, -0.1) is 11.3 Å². The highest BCUT2D eigenvalue weighted by atomic mass is 79.9. The molecule has 4 nitrogen and oxygen atoms in total. The van der Waals surface area contributed by atoms with Crippen LogP contribution in [0, 0.1) is 0 Å². The molecular weight excluding hydrogens is 352 g/mol. The van der Waals surface area contributed by atoms with Gasteiger partial charge in [0.15, 0.2) is 11.5 Å². The van der Waals surface area contributed by atoms with Crippen LogP contribution in [0.1, 0.15) is 15.4 Å². The summed E-state index contributed by atoms with van der Waals surface area (Å²) in [5.74, 6) is 0.333. The number of carbonyl (C=O) groups excluding carboxylic acids is 1. The molecule has 0 aliphatic rings. The average molecular weight is 363 g/mol. The molecule has 106 valence electrons. The summed E-state index contributed by atoms with van der Waals surface area (Å²) in [6.07, 6.45) is 0. The maximum Gasteiger partial charge on any atom is 0.273 e. The Morgan fingerprint density at radius 1 is 1.29 bits per heavy atom. The topological polar surface area (TPSA) is 55.1 Å². The molecule has 2 heterocycles. The third-order valence-corrected chi connectivity index (χ3v) is 4.28. The van der Waals surface area contributed by atoms with E-state index in [4.69, 9.17) is 4.52 Å². The molecule has 0 spiro atoms. The fourth-order valence-electron chi connectivity index (χ4n) is 1.80. The van der Waals surface area contributed by atoms with Crippen molar-refractivity contribution in [1.29, 1.82) is 0 Å². The van der Waals surface area contributed by atoms with Crippen LogP contribution in [0.4, 0.5) is 0 Å². The standard InChI is InChI=1S/C15H11BrN2O2S/c16-11-5-3-10(4-6-11)14-8-13(18-20-14)15(19)17-9-12-2-1-7-21-12/h1-8H,9H2,(H,17,19). The smallest absolute Gasteiger partial charge is 0.273 e. The minimum Gasteiger partial charge on any atom is -0.355 e. The zero-order valence-corrected chi connectivity index (χ0v) is 13.3. The van der Waals surface area contributed by atoms with Crippen molar-refractivity contribution in [1.82, 2.24) is 10.5 Å². The van der Waals surface area contributed by atoms with E-state index in [9.17, 15) is 4.79 Å². The van der Waals surface area contributed by atoms with Crippen molar-refractivity contribution in [2.45, 2.75) is 6.54 Å². The lowest BCUT2D eigenvalue weighted by Gasteiger charge is -1.99. The molecule has 0 saturated carbocycles. The fraction of sp³-hybridized carbons (Fsp3) is 0.0667. The Hall–Kier alpha value is -1.92. The van der Waals surface area contributed by atoms with Crippen LogP contribution >= 0.6 is 27.3 Å². The van der Waals surface area contributed by atoms with E-state index in [-0.39, 0.29) is 11.6 Å². The van der Waals surface area contributed by atoms with Crippen LogP contribution in [0.2, 0.25) is 0 Å². The van der Waals surface area contributed by atoms with Gasteiger partial charge in [-0.25, -0.2) is 0 Å². The van der Waals surface area contributed by atoms with Crippen LogP contribution < -0.4 is 5.32 Å². The van der Waals surface area contributed by atoms with Gasteiger partial charge in [0.1, 0.15) is 0 Å². The van der Waals surface area contributed by atoms with E-state index in [0.29, 0.717) is 12.3 Å². The van der Waals surface area contributed by atoms with Crippen molar-refractivity contribution in [3.8, 4) is 11.3 Å². The van der Waals surface area contributed by atoms with Gasteiger partial charge in [0.05, 0.1) is 6.54 Å². The Kier molecular flexibility index (Phi) is 4.17. The molecule has 0 fully saturated rings. The Balaban J connectivity index is 1.69. The molecule has 0 unspecified atom stereocenters. The van der Waals surface area contributed by atoms with Crippen molar-refractivity contribution < 1.29 is 9.32 Å². The molecule has 0 atom stereocenters. The van der Waals surface area contributed by atoms with Crippen molar-refractivity contribution in [2.24, 2.45) is 0 Å². The largest absolute Gasteiger partial charge is 0.355 e. The minimum absolute atomic E-state index is 0.240. The highest BCUT2D eigenvalue weighted by Gasteiger charge is 2.13. The summed E-state index contributed by atoms with van der Waals surface area (Å²) in [4.78, 5) is 13.1. The fourth-order valence-corrected chi connectivity index (χ4v) is 2.71. The first-order chi connectivity index (χ1) is 10.2. The third kappa shape index (κ3) is 3.40. The minimum atomic E-state index is -0.240. The molecule has 1 amide bonds. The second-order valence-corrected chi connectivity index (χ2v) is 6.29. The molecule has 3 aromatic rings. The molecule has 0 aliphatic carbocycles. The van der Waals surface area contributed by atoms with Crippen molar-refractivity contribution in [2.75, 3.05) is 0 Å². The van der Waals surface area contributed by atoms with Gasteiger partial charge in [-0.3, -0.25) is 4.79 Å². The highest BCUT2D eigenvalue weighted by molar-refractivity contribution is 9.10. The molecule has 21 heavy (non-hydrogen) atoms. The zero-order chi connectivity index (χ0) is 14.7. The first-order valence-electron chi connectivity index (χ1n) is 6.25. The van der Waals surface area contributed by atoms with Gasteiger partial charge in [-0.1, -0.05) is 39.3 Å². The molecule has 3 rings (SSSR count). The Morgan fingerprint density at radius 3 is 2.81 bits per heavy atom. The van der Waals surface area contributed by atoms with Crippen molar-refractivity contribution in [3.05, 3.63) is 62.9 Å². The molecule has 1 N–H and O–H groups in total. The number of hydrogen-bond donors (Lipinski definition) is 1. The number of amides is 1. The van der Waals surface area contributed by atoms with Crippen LogP contribution in [0.5, 0.6) is 0 Å². The molecule has 0 saturated heterocycles. The van der Waals surface area contributed by atoms with E-state index in [0.717, 1.165) is 14.9 Å². The number of nitrogens with zero attached hydrogens (tertiary/aromatic N) is 1. The lowest BCUT2D eigenvalue weighted by Crippen LogP contribution is -2.22. The molecule has 1 aromatic carbocycles. The lowest BCUT2D eigenvalue weighted by molar-refractivity contribution is 0.0942. The van der Waals surface area contributed by atoms with E-state index in [2.05, 4.69) is 26.4 Å². The molecule has 6 heteroatoms.